The Hall–Kier alpha value is -2.55. The molecule has 2 aromatic heterocycles. The molecule has 142 valence electrons. The first-order valence-corrected chi connectivity index (χ1v) is 8.79. The molecular formula is C19H21FN4O3. The third-order valence-electron chi connectivity index (χ3n) is 5.19. The second-order valence-electron chi connectivity index (χ2n) is 6.82. The van der Waals surface area contributed by atoms with Crippen molar-refractivity contribution in [3.63, 3.8) is 0 Å². The van der Waals surface area contributed by atoms with Crippen LogP contribution in [0.5, 0.6) is 5.75 Å². The quantitative estimate of drug-likeness (QED) is 0.640. The smallest absolute Gasteiger partial charge is 0.143 e. The van der Waals surface area contributed by atoms with E-state index in [0.29, 0.717) is 23.4 Å². The van der Waals surface area contributed by atoms with Gasteiger partial charge in [-0.25, -0.2) is 14.4 Å². The Balaban J connectivity index is 1.62. The molecule has 0 aliphatic heterocycles. The van der Waals surface area contributed by atoms with Gasteiger partial charge in [-0.2, -0.15) is 0 Å². The van der Waals surface area contributed by atoms with Crippen molar-refractivity contribution in [3.05, 3.63) is 53.9 Å². The number of rotatable bonds is 4. The summed E-state index contributed by atoms with van der Waals surface area (Å²) in [7, 11) is 0. The molecule has 0 spiro atoms. The van der Waals surface area contributed by atoms with E-state index < -0.39 is 30.2 Å². The number of nitrogens with zero attached hydrogens (tertiary/aromatic N) is 3. The maximum atomic E-state index is 13.4. The monoisotopic (exact) mass is 372 g/mol. The standard InChI is InChI=1S/C19H21FN4O3/c1-10-13-4-5-24(19(13)23-9-22-10)14-7-16(18(26)17(14)25)27-15-3-2-12(20)6-11(15)8-21/h2-6,9,14,16-18,25-26H,7-8,21H2,1H3/t14-,16+,17-,18+/m0/s1. The van der Waals surface area contributed by atoms with Crippen LogP contribution in [-0.2, 0) is 6.54 Å². The summed E-state index contributed by atoms with van der Waals surface area (Å²) in [6.07, 6.45) is 0.913. The van der Waals surface area contributed by atoms with Crippen molar-refractivity contribution in [1.82, 2.24) is 14.5 Å². The minimum absolute atomic E-state index is 0.111. The number of aliphatic hydroxyl groups is 2. The summed E-state index contributed by atoms with van der Waals surface area (Å²) in [6.45, 7) is 2.00. The van der Waals surface area contributed by atoms with E-state index in [-0.39, 0.29) is 6.54 Å². The number of hydrogen-bond donors (Lipinski definition) is 3. The van der Waals surface area contributed by atoms with Crippen molar-refractivity contribution in [2.75, 3.05) is 0 Å². The fraction of sp³-hybridized carbons (Fsp3) is 0.368. The van der Waals surface area contributed by atoms with Crippen LogP contribution in [0.3, 0.4) is 0 Å². The van der Waals surface area contributed by atoms with Gasteiger partial charge in [0, 0.05) is 30.1 Å². The molecule has 4 atom stereocenters. The molecule has 1 fully saturated rings. The molecule has 0 radical (unpaired) electrons. The molecule has 0 amide bonds. The molecule has 8 heteroatoms. The highest BCUT2D eigenvalue weighted by atomic mass is 19.1. The van der Waals surface area contributed by atoms with Gasteiger partial charge in [0.1, 0.15) is 41.9 Å². The van der Waals surface area contributed by atoms with Crippen molar-refractivity contribution in [2.24, 2.45) is 5.73 Å². The third kappa shape index (κ3) is 3.05. The molecule has 1 aliphatic rings. The van der Waals surface area contributed by atoms with Crippen LogP contribution in [-0.4, -0.2) is 43.1 Å². The largest absolute Gasteiger partial charge is 0.487 e. The molecule has 0 saturated heterocycles. The van der Waals surface area contributed by atoms with E-state index in [2.05, 4.69) is 9.97 Å². The highest BCUT2D eigenvalue weighted by Gasteiger charge is 2.44. The molecule has 1 aliphatic carbocycles. The SMILES string of the molecule is Cc1ncnc2c1ccn2[C@H]1C[C@@H](Oc2ccc(F)cc2CN)[C@@H](O)[C@H]1O. The van der Waals surface area contributed by atoms with Gasteiger partial charge in [0.2, 0.25) is 0 Å². The zero-order valence-electron chi connectivity index (χ0n) is 14.8. The highest BCUT2D eigenvalue weighted by molar-refractivity contribution is 5.78. The van der Waals surface area contributed by atoms with Crippen LogP contribution in [0.15, 0.2) is 36.8 Å². The maximum Gasteiger partial charge on any atom is 0.143 e. The van der Waals surface area contributed by atoms with Crippen molar-refractivity contribution in [3.8, 4) is 5.75 Å². The second kappa shape index (κ2) is 6.88. The Morgan fingerprint density at radius 1 is 1.26 bits per heavy atom. The molecule has 27 heavy (non-hydrogen) atoms. The Bertz CT molecular complexity index is 977. The number of aryl methyl sites for hydroxylation is 1. The number of aromatic nitrogens is 3. The Morgan fingerprint density at radius 2 is 2.07 bits per heavy atom. The molecule has 4 rings (SSSR count). The summed E-state index contributed by atoms with van der Waals surface area (Å²) in [6, 6.07) is 5.57. The van der Waals surface area contributed by atoms with Crippen LogP contribution in [0.4, 0.5) is 4.39 Å². The van der Waals surface area contributed by atoms with Crippen molar-refractivity contribution < 1.29 is 19.3 Å². The first-order valence-electron chi connectivity index (χ1n) is 8.79. The lowest BCUT2D eigenvalue weighted by Gasteiger charge is -2.20. The molecule has 3 aromatic rings. The second-order valence-corrected chi connectivity index (χ2v) is 6.82. The van der Waals surface area contributed by atoms with Crippen molar-refractivity contribution in [1.29, 1.82) is 0 Å². The number of benzene rings is 1. The zero-order chi connectivity index (χ0) is 19.1. The molecule has 1 aromatic carbocycles. The summed E-state index contributed by atoms with van der Waals surface area (Å²) >= 11 is 0. The first-order chi connectivity index (χ1) is 13.0. The first kappa shape index (κ1) is 17.8. The number of aliphatic hydroxyl groups excluding tert-OH is 2. The van der Waals surface area contributed by atoms with Gasteiger partial charge in [-0.3, -0.25) is 0 Å². The Morgan fingerprint density at radius 3 is 2.85 bits per heavy atom. The number of hydrogen-bond acceptors (Lipinski definition) is 6. The Kier molecular flexibility index (Phi) is 4.55. The van der Waals surface area contributed by atoms with Gasteiger partial charge in [0.25, 0.3) is 0 Å². The van der Waals surface area contributed by atoms with Crippen LogP contribution in [0.2, 0.25) is 0 Å². The average Bonchev–Trinajstić information content (AvgIpc) is 3.20. The number of nitrogens with two attached hydrogens (primary N) is 1. The minimum Gasteiger partial charge on any atom is -0.487 e. The zero-order valence-corrected chi connectivity index (χ0v) is 14.8. The fourth-order valence-corrected chi connectivity index (χ4v) is 3.71. The molecule has 7 nitrogen and oxygen atoms in total. The summed E-state index contributed by atoms with van der Waals surface area (Å²) < 4.78 is 21.1. The van der Waals surface area contributed by atoms with Gasteiger partial charge in [0.05, 0.1) is 11.7 Å². The lowest BCUT2D eigenvalue weighted by atomic mass is 10.2. The predicted molar refractivity (Wildman–Crippen MR) is 96.6 cm³/mol. The topological polar surface area (TPSA) is 106 Å². The van der Waals surface area contributed by atoms with Crippen molar-refractivity contribution in [2.45, 2.75) is 44.2 Å². The Labute approximate surface area is 155 Å². The van der Waals surface area contributed by atoms with Gasteiger partial charge in [-0.1, -0.05) is 0 Å². The average molecular weight is 372 g/mol. The highest BCUT2D eigenvalue weighted by Crippen LogP contribution is 2.36. The molecule has 1 saturated carbocycles. The fourth-order valence-electron chi connectivity index (χ4n) is 3.71. The van der Waals surface area contributed by atoms with Gasteiger partial charge in [-0.15, -0.1) is 0 Å². The van der Waals surface area contributed by atoms with Gasteiger partial charge in [-0.05, 0) is 31.2 Å². The molecular weight excluding hydrogens is 351 g/mol. The van der Waals surface area contributed by atoms with Crippen molar-refractivity contribution >= 4 is 11.0 Å². The van der Waals surface area contributed by atoms with Gasteiger partial charge >= 0.3 is 0 Å². The normalized spacial score (nSPS) is 25.2. The molecule has 2 heterocycles. The van der Waals surface area contributed by atoms with E-state index in [1.165, 1.54) is 24.5 Å². The number of fused-ring (bicyclic) bond motifs is 1. The summed E-state index contributed by atoms with van der Waals surface area (Å²) in [5.74, 6) is 0.00730. The van der Waals surface area contributed by atoms with E-state index in [4.69, 9.17) is 10.5 Å². The van der Waals surface area contributed by atoms with Gasteiger partial charge < -0.3 is 25.3 Å². The number of halogens is 1. The predicted octanol–water partition coefficient (Wildman–Crippen LogP) is 1.45. The van der Waals surface area contributed by atoms with E-state index >= 15 is 0 Å². The van der Waals surface area contributed by atoms with Crippen LogP contribution in [0, 0.1) is 12.7 Å². The lowest BCUT2D eigenvalue weighted by Crippen LogP contribution is -2.34. The van der Waals surface area contributed by atoms with E-state index in [1.807, 2.05) is 23.8 Å². The summed E-state index contributed by atoms with van der Waals surface area (Å²) in [5.41, 5.74) is 7.71. The van der Waals surface area contributed by atoms with E-state index in [0.717, 1.165) is 11.1 Å². The number of ether oxygens (including phenoxy) is 1. The molecule has 0 bridgehead atoms. The molecule has 0 unspecified atom stereocenters. The van der Waals surface area contributed by atoms with Crippen LogP contribution < -0.4 is 10.5 Å². The minimum atomic E-state index is -1.09. The van der Waals surface area contributed by atoms with Crippen LogP contribution >= 0.6 is 0 Å². The van der Waals surface area contributed by atoms with Gasteiger partial charge in [0.15, 0.2) is 0 Å². The van der Waals surface area contributed by atoms with Crippen LogP contribution in [0.1, 0.15) is 23.7 Å². The summed E-state index contributed by atoms with van der Waals surface area (Å²) in [4.78, 5) is 8.49. The van der Waals surface area contributed by atoms with E-state index in [1.54, 1.807) is 0 Å². The maximum absolute atomic E-state index is 13.4. The molecule has 4 N–H and O–H groups in total. The lowest BCUT2D eigenvalue weighted by molar-refractivity contribution is -0.0166. The summed E-state index contributed by atoms with van der Waals surface area (Å²) in [5, 5.41) is 22.0. The van der Waals surface area contributed by atoms with Crippen LogP contribution in [0.25, 0.3) is 11.0 Å². The third-order valence-corrected chi connectivity index (χ3v) is 5.19. The van der Waals surface area contributed by atoms with E-state index in [9.17, 15) is 14.6 Å².